The van der Waals surface area contributed by atoms with E-state index in [9.17, 15) is 0 Å². The molecule has 0 spiro atoms. The molecule has 138 valence electrons. The Kier molecular flexibility index (Phi) is 6.22. The van der Waals surface area contributed by atoms with Gasteiger partial charge in [0, 0.05) is 12.7 Å². The molecule has 1 aromatic heterocycles. The molecule has 3 rings (SSSR count). The average Bonchev–Trinajstić information content (AvgIpc) is 3.09. The fourth-order valence-electron chi connectivity index (χ4n) is 2.75. The molecule has 0 saturated heterocycles. The lowest BCUT2D eigenvalue weighted by atomic mass is 10.1. The zero-order chi connectivity index (χ0) is 19.1. The fourth-order valence-corrected chi connectivity index (χ4v) is 2.91. The summed E-state index contributed by atoms with van der Waals surface area (Å²) in [7, 11) is 1.62. The van der Waals surface area contributed by atoms with Crippen molar-refractivity contribution in [3.05, 3.63) is 83.7 Å². The number of anilines is 1. The smallest absolute Gasteiger partial charge is 0.191 e. The highest BCUT2D eigenvalue weighted by molar-refractivity contribution is 7.80. The predicted molar refractivity (Wildman–Crippen MR) is 115 cm³/mol. The lowest BCUT2D eigenvalue weighted by molar-refractivity contribution is 0.417. The molecule has 5 nitrogen and oxygen atoms in total. The Hall–Kier alpha value is -3.12. The van der Waals surface area contributed by atoms with Gasteiger partial charge in [-0.15, -0.1) is 0 Å². The number of rotatable bonds is 6. The Bertz CT molecular complexity index is 949. The summed E-state index contributed by atoms with van der Waals surface area (Å²) in [5.41, 5.74) is 7.13. The second kappa shape index (κ2) is 9.00. The molecular formula is C21H22N4OS. The molecule has 0 fully saturated rings. The highest BCUT2D eigenvalue weighted by Gasteiger charge is 2.03. The Balaban J connectivity index is 1.60. The van der Waals surface area contributed by atoms with Gasteiger partial charge in [0.15, 0.2) is 5.11 Å². The first-order valence-electron chi connectivity index (χ1n) is 8.59. The van der Waals surface area contributed by atoms with Crippen LogP contribution in [-0.2, 0) is 6.54 Å². The Morgan fingerprint density at radius 1 is 1.15 bits per heavy atom. The van der Waals surface area contributed by atoms with E-state index in [1.165, 1.54) is 11.1 Å². The van der Waals surface area contributed by atoms with E-state index in [4.69, 9.17) is 17.0 Å². The van der Waals surface area contributed by atoms with Crippen LogP contribution in [0.15, 0.2) is 72.0 Å². The van der Waals surface area contributed by atoms with Crippen LogP contribution in [0.25, 0.3) is 0 Å². The third kappa shape index (κ3) is 5.18. The van der Waals surface area contributed by atoms with Gasteiger partial charge in [-0.3, -0.25) is 5.43 Å². The van der Waals surface area contributed by atoms with E-state index in [2.05, 4.69) is 51.6 Å². The molecule has 27 heavy (non-hydrogen) atoms. The fraction of sp³-hybridized carbons (Fsp3) is 0.143. The Labute approximate surface area is 164 Å². The standard InChI is InChI=1S/C21H22N4OS/c1-16-7-5-8-17(13-16)15-25-12-6-9-18(25)14-22-24-21(27)23-19-10-3-4-11-20(19)26-2/h3-14H,15H2,1-2H3,(H2,23,24,27). The first-order valence-corrected chi connectivity index (χ1v) is 9.00. The maximum atomic E-state index is 5.30. The molecule has 0 amide bonds. The maximum Gasteiger partial charge on any atom is 0.191 e. The minimum Gasteiger partial charge on any atom is -0.495 e. The number of hydrogen-bond donors (Lipinski definition) is 2. The van der Waals surface area contributed by atoms with Crippen molar-refractivity contribution in [3.63, 3.8) is 0 Å². The van der Waals surface area contributed by atoms with E-state index in [1.807, 2.05) is 42.6 Å². The number of ether oxygens (including phenoxy) is 1. The van der Waals surface area contributed by atoms with Crippen LogP contribution in [0.2, 0.25) is 0 Å². The molecule has 0 saturated carbocycles. The molecule has 0 aliphatic heterocycles. The normalized spacial score (nSPS) is 10.7. The highest BCUT2D eigenvalue weighted by atomic mass is 32.1. The van der Waals surface area contributed by atoms with Gasteiger partial charge in [0.2, 0.25) is 0 Å². The third-order valence-corrected chi connectivity index (χ3v) is 4.21. The summed E-state index contributed by atoms with van der Waals surface area (Å²) in [4.78, 5) is 0. The zero-order valence-corrected chi connectivity index (χ0v) is 16.2. The summed E-state index contributed by atoms with van der Waals surface area (Å²) in [6, 6.07) is 20.1. The van der Waals surface area contributed by atoms with Gasteiger partial charge in [0.1, 0.15) is 5.75 Å². The molecule has 2 aromatic carbocycles. The van der Waals surface area contributed by atoms with Crippen LogP contribution < -0.4 is 15.5 Å². The number of thiocarbonyl (C=S) groups is 1. The minimum absolute atomic E-state index is 0.396. The van der Waals surface area contributed by atoms with Crippen molar-refractivity contribution in [2.24, 2.45) is 5.10 Å². The predicted octanol–water partition coefficient (Wildman–Crippen LogP) is 4.17. The summed E-state index contributed by atoms with van der Waals surface area (Å²) in [5, 5.41) is 7.72. The minimum atomic E-state index is 0.396. The van der Waals surface area contributed by atoms with Crippen molar-refractivity contribution >= 4 is 29.2 Å². The van der Waals surface area contributed by atoms with Crippen molar-refractivity contribution in [1.82, 2.24) is 9.99 Å². The van der Waals surface area contributed by atoms with Crippen molar-refractivity contribution in [3.8, 4) is 5.75 Å². The number of hydrogen-bond acceptors (Lipinski definition) is 3. The van der Waals surface area contributed by atoms with E-state index in [0.29, 0.717) is 5.11 Å². The number of para-hydroxylation sites is 2. The van der Waals surface area contributed by atoms with Crippen molar-refractivity contribution < 1.29 is 4.74 Å². The number of nitrogens with one attached hydrogen (secondary N) is 2. The summed E-state index contributed by atoms with van der Waals surface area (Å²) in [6.07, 6.45) is 3.79. The SMILES string of the molecule is COc1ccccc1NC(=S)NN=Cc1cccn1Cc1cccc(C)c1. The van der Waals surface area contributed by atoms with E-state index >= 15 is 0 Å². The number of benzene rings is 2. The van der Waals surface area contributed by atoms with Crippen LogP contribution in [0.3, 0.4) is 0 Å². The number of aryl methyl sites for hydroxylation is 1. The molecule has 3 aromatic rings. The first-order chi connectivity index (χ1) is 13.2. The van der Waals surface area contributed by atoms with E-state index in [0.717, 1.165) is 23.7 Å². The van der Waals surface area contributed by atoms with E-state index in [-0.39, 0.29) is 0 Å². The first kappa shape index (κ1) is 18.7. The summed E-state index contributed by atoms with van der Waals surface area (Å²) >= 11 is 5.29. The molecule has 0 bridgehead atoms. The van der Waals surface area contributed by atoms with Crippen molar-refractivity contribution in [2.75, 3.05) is 12.4 Å². The highest BCUT2D eigenvalue weighted by Crippen LogP contribution is 2.22. The molecule has 0 atom stereocenters. The topological polar surface area (TPSA) is 50.6 Å². The molecule has 0 aliphatic carbocycles. The lowest BCUT2D eigenvalue weighted by Gasteiger charge is -2.11. The van der Waals surface area contributed by atoms with Gasteiger partial charge < -0.3 is 14.6 Å². The van der Waals surface area contributed by atoms with Gasteiger partial charge in [0.25, 0.3) is 0 Å². The lowest BCUT2D eigenvalue weighted by Crippen LogP contribution is -2.24. The van der Waals surface area contributed by atoms with Gasteiger partial charge in [-0.05, 0) is 49.0 Å². The molecule has 0 unspecified atom stereocenters. The second-order valence-electron chi connectivity index (χ2n) is 6.07. The van der Waals surface area contributed by atoms with Crippen LogP contribution in [-0.4, -0.2) is 23.0 Å². The van der Waals surface area contributed by atoms with Crippen LogP contribution in [0.4, 0.5) is 5.69 Å². The van der Waals surface area contributed by atoms with Gasteiger partial charge in [-0.25, -0.2) is 0 Å². The van der Waals surface area contributed by atoms with E-state index < -0.39 is 0 Å². The zero-order valence-electron chi connectivity index (χ0n) is 15.3. The number of methoxy groups -OCH3 is 1. The monoisotopic (exact) mass is 378 g/mol. The largest absolute Gasteiger partial charge is 0.495 e. The van der Waals surface area contributed by atoms with Gasteiger partial charge in [-0.2, -0.15) is 5.10 Å². The quantitative estimate of drug-likeness (QED) is 0.384. The number of hydrazone groups is 1. The van der Waals surface area contributed by atoms with Crippen molar-refractivity contribution in [1.29, 1.82) is 0 Å². The molecular weight excluding hydrogens is 356 g/mol. The van der Waals surface area contributed by atoms with Gasteiger partial charge in [0.05, 0.1) is 24.7 Å². The average molecular weight is 379 g/mol. The summed E-state index contributed by atoms with van der Waals surface area (Å²) in [6.45, 7) is 2.89. The molecule has 0 aliphatic rings. The molecule has 6 heteroatoms. The van der Waals surface area contributed by atoms with Crippen LogP contribution in [0.1, 0.15) is 16.8 Å². The molecule has 2 N–H and O–H groups in total. The maximum absolute atomic E-state index is 5.30. The van der Waals surface area contributed by atoms with Crippen LogP contribution >= 0.6 is 12.2 Å². The number of nitrogens with zero attached hydrogens (tertiary/aromatic N) is 2. The van der Waals surface area contributed by atoms with E-state index in [1.54, 1.807) is 13.3 Å². The Morgan fingerprint density at radius 2 is 2.00 bits per heavy atom. The summed E-state index contributed by atoms with van der Waals surface area (Å²) < 4.78 is 7.43. The Morgan fingerprint density at radius 3 is 2.81 bits per heavy atom. The van der Waals surface area contributed by atoms with Gasteiger partial charge >= 0.3 is 0 Å². The molecule has 1 heterocycles. The molecule has 0 radical (unpaired) electrons. The summed E-state index contributed by atoms with van der Waals surface area (Å²) in [5.74, 6) is 0.720. The third-order valence-electron chi connectivity index (χ3n) is 4.02. The second-order valence-corrected chi connectivity index (χ2v) is 6.48. The van der Waals surface area contributed by atoms with Gasteiger partial charge in [-0.1, -0.05) is 42.0 Å². The van der Waals surface area contributed by atoms with Crippen LogP contribution in [0, 0.1) is 6.92 Å². The van der Waals surface area contributed by atoms with Crippen molar-refractivity contribution in [2.45, 2.75) is 13.5 Å². The van der Waals surface area contributed by atoms with Crippen LogP contribution in [0.5, 0.6) is 5.75 Å². The number of aromatic nitrogens is 1.